The van der Waals surface area contributed by atoms with Gasteiger partial charge >= 0.3 is 0 Å². The van der Waals surface area contributed by atoms with Crippen molar-refractivity contribution in [3.8, 4) is 16.9 Å². The number of benzene rings is 2. The Hall–Kier alpha value is -2.26. The first-order valence-corrected chi connectivity index (χ1v) is 6.53. The Bertz CT molecular complexity index is 825. The molecule has 0 saturated heterocycles. The Morgan fingerprint density at radius 1 is 1.10 bits per heavy atom. The zero-order valence-corrected chi connectivity index (χ0v) is 11.6. The molecule has 3 nitrogen and oxygen atoms in total. The van der Waals surface area contributed by atoms with E-state index >= 15 is 0 Å². The Balaban J connectivity index is 2.48. The van der Waals surface area contributed by atoms with Crippen LogP contribution >= 0.6 is 11.6 Å². The third kappa shape index (κ3) is 2.06. The molecule has 3 rings (SSSR count). The quantitative estimate of drug-likeness (QED) is 0.777. The molecule has 0 spiro atoms. The normalized spacial score (nSPS) is 10.7. The number of methoxy groups -OCH3 is 1. The van der Waals surface area contributed by atoms with E-state index in [9.17, 15) is 4.79 Å². The predicted molar refractivity (Wildman–Crippen MR) is 81.6 cm³/mol. The van der Waals surface area contributed by atoms with Crippen LogP contribution in [0.15, 0.2) is 53.3 Å². The van der Waals surface area contributed by atoms with Crippen molar-refractivity contribution in [1.29, 1.82) is 0 Å². The molecule has 0 fully saturated rings. The number of ether oxygens (including phenoxy) is 1. The number of halogens is 1. The van der Waals surface area contributed by atoms with E-state index in [1.54, 1.807) is 12.1 Å². The van der Waals surface area contributed by atoms with Gasteiger partial charge in [-0.25, -0.2) is 0 Å². The van der Waals surface area contributed by atoms with Crippen LogP contribution in [0.4, 0.5) is 0 Å². The summed E-state index contributed by atoms with van der Waals surface area (Å²) in [4.78, 5) is 14.9. The third-order valence-electron chi connectivity index (χ3n) is 3.20. The van der Waals surface area contributed by atoms with Gasteiger partial charge < -0.3 is 9.72 Å². The summed E-state index contributed by atoms with van der Waals surface area (Å²) in [6.45, 7) is 0. The first-order chi connectivity index (χ1) is 9.70. The van der Waals surface area contributed by atoms with E-state index in [-0.39, 0.29) is 5.56 Å². The molecule has 2 aromatic carbocycles. The molecule has 0 saturated carbocycles. The molecule has 100 valence electrons. The van der Waals surface area contributed by atoms with E-state index < -0.39 is 0 Å². The highest BCUT2D eigenvalue weighted by Gasteiger charge is 2.15. The van der Waals surface area contributed by atoms with Gasteiger partial charge in [0.2, 0.25) is 0 Å². The van der Waals surface area contributed by atoms with Crippen LogP contribution in [-0.4, -0.2) is 12.1 Å². The van der Waals surface area contributed by atoms with Gasteiger partial charge in [0, 0.05) is 21.5 Å². The second-order valence-corrected chi connectivity index (χ2v) is 4.85. The van der Waals surface area contributed by atoms with Gasteiger partial charge in [0.1, 0.15) is 0 Å². The summed E-state index contributed by atoms with van der Waals surface area (Å²) in [7, 11) is 1.49. The Morgan fingerprint density at radius 2 is 1.85 bits per heavy atom. The summed E-state index contributed by atoms with van der Waals surface area (Å²) in [6.07, 6.45) is 0. The minimum Gasteiger partial charge on any atom is -0.491 e. The standard InChI is InChI=1S/C16H12ClNO2/c1-20-15-14(10-5-3-2-4-6-10)12-9-11(17)7-8-13(12)18-16(15)19/h2-9H,1H3,(H,18,19). The number of H-pyrrole nitrogens is 1. The van der Waals surface area contributed by atoms with Crippen LogP contribution in [0.2, 0.25) is 5.02 Å². The zero-order valence-electron chi connectivity index (χ0n) is 10.8. The van der Waals surface area contributed by atoms with Gasteiger partial charge in [0.25, 0.3) is 5.56 Å². The molecule has 0 amide bonds. The van der Waals surface area contributed by atoms with Crippen molar-refractivity contribution in [3.05, 3.63) is 63.9 Å². The first kappa shape index (κ1) is 12.8. The Labute approximate surface area is 120 Å². The highest BCUT2D eigenvalue weighted by Crippen LogP contribution is 2.34. The van der Waals surface area contributed by atoms with Crippen molar-refractivity contribution in [3.63, 3.8) is 0 Å². The molecule has 0 aliphatic rings. The fraction of sp³-hybridized carbons (Fsp3) is 0.0625. The monoisotopic (exact) mass is 285 g/mol. The number of pyridine rings is 1. The molecule has 4 heteroatoms. The predicted octanol–water partition coefficient (Wildman–Crippen LogP) is 3.86. The van der Waals surface area contributed by atoms with Crippen LogP contribution < -0.4 is 10.3 Å². The SMILES string of the molecule is COc1c(-c2ccccc2)c2cc(Cl)ccc2[nH]c1=O. The molecule has 20 heavy (non-hydrogen) atoms. The first-order valence-electron chi connectivity index (χ1n) is 6.15. The van der Waals surface area contributed by atoms with Crippen LogP contribution in [0, 0.1) is 0 Å². The maximum Gasteiger partial charge on any atom is 0.291 e. The number of aromatic nitrogens is 1. The van der Waals surface area contributed by atoms with Crippen molar-refractivity contribution in [2.75, 3.05) is 7.11 Å². The average Bonchev–Trinajstić information content (AvgIpc) is 2.47. The van der Waals surface area contributed by atoms with E-state index in [2.05, 4.69) is 4.98 Å². The van der Waals surface area contributed by atoms with Crippen molar-refractivity contribution >= 4 is 22.5 Å². The maximum atomic E-state index is 12.1. The lowest BCUT2D eigenvalue weighted by Crippen LogP contribution is -2.11. The van der Waals surface area contributed by atoms with Crippen LogP contribution in [0.1, 0.15) is 0 Å². The van der Waals surface area contributed by atoms with Crippen molar-refractivity contribution in [2.24, 2.45) is 0 Å². The molecule has 3 aromatic rings. The number of rotatable bonds is 2. The van der Waals surface area contributed by atoms with Gasteiger partial charge in [0.15, 0.2) is 5.75 Å². The third-order valence-corrected chi connectivity index (χ3v) is 3.43. The van der Waals surface area contributed by atoms with Crippen LogP contribution in [0.3, 0.4) is 0 Å². The van der Waals surface area contributed by atoms with Crippen molar-refractivity contribution < 1.29 is 4.74 Å². The lowest BCUT2D eigenvalue weighted by atomic mass is 10.0. The van der Waals surface area contributed by atoms with E-state index in [1.165, 1.54) is 7.11 Å². The topological polar surface area (TPSA) is 42.1 Å². The van der Waals surface area contributed by atoms with E-state index in [0.717, 1.165) is 22.0 Å². The minimum atomic E-state index is -0.249. The van der Waals surface area contributed by atoms with Gasteiger partial charge in [-0.1, -0.05) is 41.9 Å². The van der Waals surface area contributed by atoms with Gasteiger partial charge in [-0.05, 0) is 23.8 Å². The largest absolute Gasteiger partial charge is 0.491 e. The average molecular weight is 286 g/mol. The van der Waals surface area contributed by atoms with Gasteiger partial charge in [-0.2, -0.15) is 0 Å². The fourth-order valence-electron chi connectivity index (χ4n) is 2.33. The molecule has 1 N–H and O–H groups in total. The van der Waals surface area contributed by atoms with Crippen LogP contribution in [-0.2, 0) is 0 Å². The summed E-state index contributed by atoms with van der Waals surface area (Å²) >= 11 is 6.08. The lowest BCUT2D eigenvalue weighted by Gasteiger charge is -2.11. The molecule has 0 bridgehead atoms. The van der Waals surface area contributed by atoms with Crippen LogP contribution in [0.25, 0.3) is 22.0 Å². The number of fused-ring (bicyclic) bond motifs is 1. The minimum absolute atomic E-state index is 0.249. The highest BCUT2D eigenvalue weighted by molar-refractivity contribution is 6.31. The molecular weight excluding hydrogens is 274 g/mol. The molecule has 0 atom stereocenters. The van der Waals surface area contributed by atoms with Gasteiger partial charge in [-0.15, -0.1) is 0 Å². The van der Waals surface area contributed by atoms with Crippen molar-refractivity contribution in [1.82, 2.24) is 4.98 Å². The highest BCUT2D eigenvalue weighted by atomic mass is 35.5. The second-order valence-electron chi connectivity index (χ2n) is 4.42. The molecule has 0 unspecified atom stereocenters. The lowest BCUT2D eigenvalue weighted by molar-refractivity contribution is 0.411. The number of hydrogen-bond donors (Lipinski definition) is 1. The number of nitrogens with one attached hydrogen (secondary N) is 1. The van der Waals surface area contributed by atoms with Gasteiger partial charge in [-0.3, -0.25) is 4.79 Å². The summed E-state index contributed by atoms with van der Waals surface area (Å²) in [5.74, 6) is 0.297. The van der Waals surface area contributed by atoms with E-state index in [4.69, 9.17) is 16.3 Å². The maximum absolute atomic E-state index is 12.1. The molecule has 0 aliphatic carbocycles. The summed E-state index contributed by atoms with van der Waals surface area (Å²) in [6, 6.07) is 15.0. The fourth-order valence-corrected chi connectivity index (χ4v) is 2.51. The van der Waals surface area contributed by atoms with Crippen molar-refractivity contribution in [2.45, 2.75) is 0 Å². The summed E-state index contributed by atoms with van der Waals surface area (Å²) in [5, 5.41) is 1.48. The zero-order chi connectivity index (χ0) is 14.1. The van der Waals surface area contributed by atoms with E-state index in [0.29, 0.717) is 10.8 Å². The number of hydrogen-bond acceptors (Lipinski definition) is 2. The molecule has 1 heterocycles. The molecule has 1 aromatic heterocycles. The smallest absolute Gasteiger partial charge is 0.291 e. The molecular formula is C16H12ClNO2. The second kappa shape index (κ2) is 5.02. The molecule has 0 aliphatic heterocycles. The van der Waals surface area contributed by atoms with E-state index in [1.807, 2.05) is 36.4 Å². The number of aromatic amines is 1. The summed E-state index contributed by atoms with van der Waals surface area (Å²) < 4.78 is 5.29. The Kier molecular flexibility index (Phi) is 3.20. The Morgan fingerprint density at radius 3 is 2.55 bits per heavy atom. The van der Waals surface area contributed by atoms with Crippen LogP contribution in [0.5, 0.6) is 5.75 Å². The van der Waals surface area contributed by atoms with Gasteiger partial charge in [0.05, 0.1) is 7.11 Å². The summed E-state index contributed by atoms with van der Waals surface area (Å²) in [5.41, 5.74) is 2.16. The molecule has 0 radical (unpaired) electrons.